The number of phenolic OH excluding ortho intramolecular Hbond substituents is 1. The van der Waals surface area contributed by atoms with Gasteiger partial charge in [0.1, 0.15) is 0 Å². The van der Waals surface area contributed by atoms with Gasteiger partial charge < -0.3 is 21.3 Å². The molecule has 13 nitrogen and oxygen atoms in total. The van der Waals surface area contributed by atoms with E-state index in [4.69, 9.17) is 5.73 Å². The fourth-order valence-corrected chi connectivity index (χ4v) is 6.35. The van der Waals surface area contributed by atoms with Crippen molar-refractivity contribution in [1.82, 2.24) is 4.90 Å². The number of Topliss-reactive ketones (excluding diaryl/α,β-unsaturated/α-hetero) is 4. The Bertz CT molecular complexity index is 1280. The number of hydrogen-bond donors (Lipinski definition) is 4. The van der Waals surface area contributed by atoms with Gasteiger partial charge in [0.05, 0.1) is 22.4 Å². The Kier molecular flexibility index (Phi) is 6.87. The summed E-state index contributed by atoms with van der Waals surface area (Å²) in [6.45, 7) is 2.39. The molecule has 38 heavy (non-hydrogen) atoms. The van der Waals surface area contributed by atoms with Gasteiger partial charge in [-0.1, -0.05) is 13.3 Å². The van der Waals surface area contributed by atoms with Gasteiger partial charge in [-0.2, -0.15) is 0 Å². The van der Waals surface area contributed by atoms with Crippen molar-refractivity contribution in [2.24, 2.45) is 29.4 Å². The van der Waals surface area contributed by atoms with Crippen LogP contribution in [0.15, 0.2) is 6.07 Å². The average molecular weight is 531 g/mol. The van der Waals surface area contributed by atoms with Crippen LogP contribution in [-0.4, -0.2) is 81.4 Å². The van der Waals surface area contributed by atoms with Crippen molar-refractivity contribution in [3.8, 4) is 5.75 Å². The van der Waals surface area contributed by atoms with Crippen molar-refractivity contribution in [1.29, 1.82) is 0 Å². The van der Waals surface area contributed by atoms with Crippen LogP contribution in [0.3, 0.4) is 0 Å². The molecule has 0 radical (unpaired) electrons. The summed E-state index contributed by atoms with van der Waals surface area (Å²) >= 11 is 0. The first kappa shape index (κ1) is 27.3. The molecule has 3 aliphatic carbocycles. The molecule has 6 atom stereocenters. The summed E-state index contributed by atoms with van der Waals surface area (Å²) in [5.41, 5.74) is 1.87. The van der Waals surface area contributed by atoms with Gasteiger partial charge in [0.15, 0.2) is 34.7 Å². The number of fused-ring (bicyclic) bond motifs is 3. The summed E-state index contributed by atoms with van der Waals surface area (Å²) in [6.07, 6.45) is 1.47. The van der Waals surface area contributed by atoms with Gasteiger partial charge in [-0.05, 0) is 44.8 Å². The predicted octanol–water partition coefficient (Wildman–Crippen LogP) is -0.0128. The molecule has 13 heteroatoms. The lowest BCUT2D eigenvalue weighted by molar-refractivity contribution is -0.385. The number of phenols is 1. The van der Waals surface area contributed by atoms with Crippen molar-refractivity contribution in [3.05, 3.63) is 27.3 Å². The number of hydrogen-bond acceptors (Lipinski definition) is 11. The third-order valence-electron chi connectivity index (χ3n) is 8.08. The summed E-state index contributed by atoms with van der Waals surface area (Å²) < 4.78 is 0. The number of primary amides is 1. The highest BCUT2D eigenvalue weighted by molar-refractivity contribution is 6.32. The van der Waals surface area contributed by atoms with Crippen LogP contribution in [-0.2, 0) is 25.6 Å². The van der Waals surface area contributed by atoms with E-state index in [2.05, 4.69) is 5.32 Å². The molecule has 4 rings (SSSR count). The number of nitrogens with two attached hydrogens (primary N) is 1. The number of aliphatic hydroxyl groups is 1. The Hall–Kier alpha value is -3.71. The molecule has 1 aromatic rings. The number of unbranched alkanes of at least 4 members (excludes halogenated alkanes) is 1. The molecular formula is C25H30N4O9. The van der Waals surface area contributed by atoms with Gasteiger partial charge in [-0.3, -0.25) is 39.0 Å². The van der Waals surface area contributed by atoms with Crippen LogP contribution in [0.2, 0.25) is 0 Å². The third-order valence-corrected chi connectivity index (χ3v) is 8.08. The fraction of sp³-hybridized carbons (Fsp3) is 0.560. The van der Waals surface area contributed by atoms with E-state index in [-0.39, 0.29) is 18.5 Å². The number of nitrogens with one attached hydrogen (secondary N) is 1. The first-order valence-electron chi connectivity index (χ1n) is 12.4. The molecule has 5 N–H and O–H groups in total. The molecule has 0 aliphatic heterocycles. The molecule has 0 spiro atoms. The number of amides is 1. The minimum Gasteiger partial charge on any atom is -0.502 e. The van der Waals surface area contributed by atoms with E-state index in [1.165, 1.54) is 19.0 Å². The average Bonchev–Trinajstić information content (AvgIpc) is 2.82. The van der Waals surface area contributed by atoms with E-state index < -0.39 is 86.3 Å². The molecule has 0 heterocycles. The number of nitrogens with zero attached hydrogens (tertiary/aromatic N) is 2. The maximum Gasteiger partial charge on any atom is 0.313 e. The Labute approximate surface area is 217 Å². The minimum absolute atomic E-state index is 0.0197. The molecule has 0 saturated heterocycles. The summed E-state index contributed by atoms with van der Waals surface area (Å²) in [5.74, 6) is -12.3. The monoisotopic (exact) mass is 530 g/mol. The summed E-state index contributed by atoms with van der Waals surface area (Å²) in [5, 5.41) is 37.0. The van der Waals surface area contributed by atoms with E-state index >= 15 is 0 Å². The molecule has 1 aromatic carbocycles. The quantitative estimate of drug-likeness (QED) is 0.121. The smallest absolute Gasteiger partial charge is 0.313 e. The van der Waals surface area contributed by atoms with Crippen LogP contribution in [0.1, 0.15) is 42.1 Å². The SMILES string of the molecule is CCCCNc1cc([N+](=O)[O-])c(O)c2c1CC1CC3[C@H](N(C)C)C(=O)C(C(N)=O)C(=O)[C@@]3(O)C(=O)C1C2=O. The van der Waals surface area contributed by atoms with Gasteiger partial charge in [0.2, 0.25) is 11.7 Å². The number of rotatable bonds is 7. The lowest BCUT2D eigenvalue weighted by Gasteiger charge is -2.52. The fourth-order valence-electron chi connectivity index (χ4n) is 6.35. The molecule has 3 aliphatic rings. The zero-order valence-corrected chi connectivity index (χ0v) is 21.2. The Morgan fingerprint density at radius 1 is 1.26 bits per heavy atom. The highest BCUT2D eigenvalue weighted by Crippen LogP contribution is 2.52. The number of likely N-dealkylation sites (N-methyl/N-ethyl adjacent to an activating group) is 1. The molecular weight excluding hydrogens is 500 g/mol. The Morgan fingerprint density at radius 2 is 1.92 bits per heavy atom. The van der Waals surface area contributed by atoms with Crippen molar-refractivity contribution < 1.29 is 39.1 Å². The third kappa shape index (κ3) is 3.79. The van der Waals surface area contributed by atoms with Crippen LogP contribution < -0.4 is 11.1 Å². The van der Waals surface area contributed by atoms with Crippen LogP contribution in [0.5, 0.6) is 5.75 Å². The van der Waals surface area contributed by atoms with Crippen LogP contribution in [0.25, 0.3) is 0 Å². The molecule has 4 unspecified atom stereocenters. The number of carbonyl (C=O) groups excluding carboxylic acids is 5. The second-order valence-corrected chi connectivity index (χ2v) is 10.5. The topological polar surface area (TPSA) is 210 Å². The summed E-state index contributed by atoms with van der Waals surface area (Å²) in [4.78, 5) is 78.2. The summed E-state index contributed by atoms with van der Waals surface area (Å²) in [6, 6.07) is -0.0596. The van der Waals surface area contributed by atoms with Crippen molar-refractivity contribution in [2.75, 3.05) is 26.0 Å². The Morgan fingerprint density at radius 3 is 2.47 bits per heavy atom. The van der Waals surface area contributed by atoms with E-state index in [1.807, 2.05) is 6.92 Å². The standard InChI is InChI=1S/C25H30N4O9/c1-4-5-6-27-13-9-14(29(37)38)19(30)16-11(13)7-10-8-12-18(28(2)3)21(32)17(24(26)35)23(34)25(12,36)22(33)15(10)20(16)31/h9-10,12,15,17-18,27,30,36H,4-8H2,1-3H3,(H2,26,35)/t10?,12?,15?,17?,18-,25-/m0/s1. The van der Waals surface area contributed by atoms with Crippen LogP contribution >= 0.6 is 0 Å². The lowest BCUT2D eigenvalue weighted by atomic mass is 9.52. The molecule has 2 saturated carbocycles. The second kappa shape index (κ2) is 9.55. The number of carbonyl (C=O) groups is 5. The van der Waals surface area contributed by atoms with Crippen molar-refractivity contribution in [3.63, 3.8) is 0 Å². The zero-order valence-electron chi connectivity index (χ0n) is 21.2. The van der Waals surface area contributed by atoms with Crippen LogP contribution in [0, 0.1) is 33.8 Å². The zero-order chi connectivity index (χ0) is 28.3. The number of ketones is 4. The minimum atomic E-state index is -2.85. The van der Waals surface area contributed by atoms with Gasteiger partial charge in [-0.15, -0.1) is 0 Å². The summed E-state index contributed by atoms with van der Waals surface area (Å²) in [7, 11) is 3.00. The van der Waals surface area contributed by atoms with Gasteiger partial charge >= 0.3 is 5.69 Å². The van der Waals surface area contributed by atoms with E-state index in [9.17, 15) is 44.3 Å². The maximum absolute atomic E-state index is 13.8. The number of benzene rings is 1. The molecule has 0 aromatic heterocycles. The highest BCUT2D eigenvalue weighted by Gasteiger charge is 2.69. The van der Waals surface area contributed by atoms with E-state index in [0.717, 1.165) is 18.9 Å². The largest absolute Gasteiger partial charge is 0.502 e. The molecule has 0 bridgehead atoms. The molecule has 204 valence electrons. The predicted molar refractivity (Wildman–Crippen MR) is 131 cm³/mol. The first-order valence-corrected chi connectivity index (χ1v) is 12.4. The number of anilines is 1. The Balaban J connectivity index is 1.88. The van der Waals surface area contributed by atoms with Gasteiger partial charge in [-0.25, -0.2) is 0 Å². The normalized spacial score (nSPS) is 30.5. The number of aromatic hydroxyl groups is 1. The van der Waals surface area contributed by atoms with E-state index in [0.29, 0.717) is 12.1 Å². The molecule has 1 amide bonds. The van der Waals surface area contributed by atoms with Crippen molar-refractivity contribution in [2.45, 2.75) is 44.2 Å². The van der Waals surface area contributed by atoms with Crippen molar-refractivity contribution >= 4 is 40.4 Å². The van der Waals surface area contributed by atoms with Gasteiger partial charge in [0.25, 0.3) is 0 Å². The number of nitro groups is 1. The van der Waals surface area contributed by atoms with Gasteiger partial charge in [0, 0.05) is 24.2 Å². The maximum atomic E-state index is 13.8. The molecule has 2 fully saturated rings. The first-order chi connectivity index (χ1) is 17.8. The number of nitro benzene ring substituents is 1. The lowest BCUT2D eigenvalue weighted by Crippen LogP contribution is -2.74. The van der Waals surface area contributed by atoms with E-state index in [1.54, 1.807) is 0 Å². The second-order valence-electron chi connectivity index (χ2n) is 10.5. The van der Waals surface area contributed by atoms with Crippen LogP contribution in [0.4, 0.5) is 11.4 Å². The highest BCUT2D eigenvalue weighted by atomic mass is 16.6.